The first kappa shape index (κ1) is 60.3. The molecule has 0 saturated heterocycles. The molecule has 8 heteroatoms. The lowest BCUT2D eigenvalue weighted by molar-refractivity contribution is 1.27. The van der Waals surface area contributed by atoms with Gasteiger partial charge >= 0.3 is 0 Å². The van der Waals surface area contributed by atoms with E-state index in [1.54, 1.807) is 18.6 Å². The summed E-state index contributed by atoms with van der Waals surface area (Å²) in [4.78, 5) is 23.5. The normalized spacial score (nSPS) is 11.4. The first-order chi connectivity index (χ1) is 49.5. The van der Waals surface area contributed by atoms with Crippen molar-refractivity contribution in [3.05, 3.63) is 364 Å². The molecular weight excluding hydrogens is 1220 g/mol. The Hall–Kier alpha value is -13.4. The smallest absolute Gasteiger partial charge is 0.0965 e. The van der Waals surface area contributed by atoms with Crippen LogP contribution in [0.15, 0.2) is 369 Å². The van der Waals surface area contributed by atoms with E-state index >= 15 is 0 Å². The van der Waals surface area contributed by atoms with Crippen LogP contribution in [-0.2, 0) is 0 Å². The van der Waals surface area contributed by atoms with Crippen LogP contribution in [0, 0.1) is 0 Å². The van der Waals surface area contributed by atoms with Crippen molar-refractivity contribution in [3.63, 3.8) is 0 Å². The van der Waals surface area contributed by atoms with E-state index in [9.17, 15) is 0 Å². The molecule has 100 heavy (non-hydrogen) atoms. The van der Waals surface area contributed by atoms with Gasteiger partial charge in [0, 0.05) is 96.8 Å². The Labute approximate surface area is 581 Å². The summed E-state index contributed by atoms with van der Waals surface area (Å²) in [5.41, 5.74) is 28.6. The molecule has 0 saturated carbocycles. The standard InChI is InChI=1S/C92H66N8/c1-2-94-91-83(29-15-31-85(91)93)69-41-49-73(50-42-69)99(89-35-13-23-67-19-5-9-27-81(67)89)77-57-53-75(54-58-77)97(87-33-11-21-65-17-3-7-25-79(65)87)71-45-37-63(38-46-71)64-39-47-72(48-40-64)98(88-34-12-22-66-18-4-8-26-80(66)88)76-55-59-78(60-56-76)100(90-36-14-24-68-20-6-10-28-82(68)90)74-51-43-70(44-52-74)84-30-16-32-86-92(84)96-62-61-95-86/h2-62H,93H2,1H3/b94-2-. The maximum absolute atomic E-state index is 6.48. The number of nitrogen functional groups attached to an aromatic ring is 1. The summed E-state index contributed by atoms with van der Waals surface area (Å²) in [6.45, 7) is 1.92. The van der Waals surface area contributed by atoms with Gasteiger partial charge in [-0.05, 0) is 184 Å². The first-order valence-corrected chi connectivity index (χ1v) is 33.8. The largest absolute Gasteiger partial charge is 0.397 e. The zero-order chi connectivity index (χ0) is 66.9. The molecule has 17 rings (SSSR count). The number of hydrogen-bond acceptors (Lipinski definition) is 8. The lowest BCUT2D eigenvalue weighted by Crippen LogP contribution is -2.13. The molecule has 0 aliphatic rings. The van der Waals surface area contributed by atoms with Gasteiger partial charge in [0.25, 0.3) is 0 Å². The van der Waals surface area contributed by atoms with Gasteiger partial charge in [-0.25, -0.2) is 0 Å². The van der Waals surface area contributed by atoms with Gasteiger partial charge in [-0.3, -0.25) is 15.0 Å². The molecule has 2 N–H and O–H groups in total. The average molecular weight is 1280 g/mol. The predicted molar refractivity (Wildman–Crippen MR) is 423 cm³/mol. The van der Waals surface area contributed by atoms with Crippen LogP contribution >= 0.6 is 0 Å². The number of anilines is 13. The van der Waals surface area contributed by atoms with E-state index < -0.39 is 0 Å². The third-order valence-corrected chi connectivity index (χ3v) is 19.0. The van der Waals surface area contributed by atoms with Crippen molar-refractivity contribution in [3.8, 4) is 33.4 Å². The topological polar surface area (TPSA) is 77.1 Å². The number of nitrogens with zero attached hydrogens (tertiary/aromatic N) is 7. The van der Waals surface area contributed by atoms with Crippen LogP contribution < -0.4 is 25.3 Å². The summed E-state index contributed by atoms with van der Waals surface area (Å²) in [6, 6.07) is 126. The summed E-state index contributed by atoms with van der Waals surface area (Å²) >= 11 is 0. The van der Waals surface area contributed by atoms with Gasteiger partial charge in [0.15, 0.2) is 0 Å². The molecule has 0 amide bonds. The van der Waals surface area contributed by atoms with Gasteiger partial charge in [-0.2, -0.15) is 0 Å². The Kier molecular flexibility index (Phi) is 15.8. The van der Waals surface area contributed by atoms with E-state index in [-0.39, 0.29) is 0 Å². The van der Waals surface area contributed by atoms with Gasteiger partial charge in [-0.15, -0.1) is 0 Å². The van der Waals surface area contributed by atoms with Gasteiger partial charge in [0.05, 0.1) is 45.2 Å². The van der Waals surface area contributed by atoms with E-state index in [1.807, 2.05) is 31.2 Å². The lowest BCUT2D eigenvalue weighted by atomic mass is 10.0. The van der Waals surface area contributed by atoms with Crippen molar-refractivity contribution in [1.29, 1.82) is 0 Å². The van der Waals surface area contributed by atoms with Gasteiger partial charge in [0.1, 0.15) is 0 Å². The maximum atomic E-state index is 6.48. The molecule has 8 nitrogen and oxygen atoms in total. The molecule has 1 heterocycles. The highest BCUT2D eigenvalue weighted by atomic mass is 15.2. The quantitative estimate of drug-likeness (QED) is 0.0763. The van der Waals surface area contributed by atoms with Gasteiger partial charge in [-0.1, -0.05) is 218 Å². The third kappa shape index (κ3) is 11.3. The molecule has 0 aliphatic carbocycles. The van der Waals surface area contributed by atoms with Crippen molar-refractivity contribution >= 4 is 140 Å². The minimum atomic E-state index is 0.645. The molecule has 0 aliphatic heterocycles. The first-order valence-electron chi connectivity index (χ1n) is 33.8. The number of benzene rings is 16. The molecule has 0 radical (unpaired) electrons. The minimum Gasteiger partial charge on any atom is -0.397 e. The maximum Gasteiger partial charge on any atom is 0.0965 e. The fourth-order valence-electron chi connectivity index (χ4n) is 14.3. The Balaban J connectivity index is 0.712. The molecule has 0 spiro atoms. The van der Waals surface area contributed by atoms with E-state index in [0.29, 0.717) is 5.69 Å². The SMILES string of the molecule is C/C=N\c1c(N)cccc1-c1ccc(N(c2ccc(N(c3ccc(-c4ccc(N(c5ccc(N(c6ccc(-c7cccc8nccnc78)cc6)c6cccc7ccccc67)cc5)c5cccc6ccccc56)cc4)cc3)c3cccc4ccccc34)cc2)c2cccc3ccccc23)cc1. The number of aromatic nitrogens is 2. The van der Waals surface area contributed by atoms with Crippen molar-refractivity contribution in [2.45, 2.75) is 6.92 Å². The molecule has 17 aromatic rings. The van der Waals surface area contributed by atoms with E-state index in [4.69, 9.17) is 10.7 Å². The van der Waals surface area contributed by atoms with Gasteiger partial charge in [0.2, 0.25) is 0 Å². The lowest BCUT2D eigenvalue weighted by Gasteiger charge is -2.30. The molecule has 1 aromatic heterocycles. The number of fused-ring (bicyclic) bond motifs is 5. The molecule has 0 unspecified atom stereocenters. The second-order valence-electron chi connectivity index (χ2n) is 24.9. The van der Waals surface area contributed by atoms with Gasteiger partial charge < -0.3 is 25.3 Å². The average Bonchev–Trinajstić information content (AvgIpc) is 0.777. The zero-order valence-corrected chi connectivity index (χ0v) is 54.9. The van der Waals surface area contributed by atoms with Crippen molar-refractivity contribution in [2.75, 3.05) is 25.3 Å². The Morgan fingerprint density at radius 3 is 0.910 bits per heavy atom. The summed E-state index contributed by atoms with van der Waals surface area (Å²) in [5, 5.41) is 9.32. The van der Waals surface area contributed by atoms with E-state index in [0.717, 1.165) is 140 Å². The summed E-state index contributed by atoms with van der Waals surface area (Å²) < 4.78 is 0. The molecule has 0 bridgehead atoms. The van der Waals surface area contributed by atoms with Crippen LogP contribution in [0.3, 0.4) is 0 Å². The molecule has 16 aromatic carbocycles. The summed E-state index contributed by atoms with van der Waals surface area (Å²) in [6.07, 6.45) is 5.30. The van der Waals surface area contributed by atoms with E-state index in [2.05, 4.69) is 357 Å². The number of nitrogens with two attached hydrogens (primary N) is 1. The van der Waals surface area contributed by atoms with Crippen molar-refractivity contribution in [2.24, 2.45) is 4.99 Å². The summed E-state index contributed by atoms with van der Waals surface area (Å²) in [5.74, 6) is 0. The van der Waals surface area contributed by atoms with Crippen LogP contribution in [0.5, 0.6) is 0 Å². The Morgan fingerprint density at radius 1 is 0.270 bits per heavy atom. The van der Waals surface area contributed by atoms with Crippen LogP contribution in [0.1, 0.15) is 6.92 Å². The van der Waals surface area contributed by atoms with Crippen molar-refractivity contribution < 1.29 is 0 Å². The number of rotatable bonds is 16. The highest BCUT2D eigenvalue weighted by molar-refractivity contribution is 6.04. The van der Waals surface area contributed by atoms with Crippen LogP contribution in [0.25, 0.3) is 87.5 Å². The van der Waals surface area contributed by atoms with E-state index in [1.165, 1.54) is 21.5 Å². The highest BCUT2D eigenvalue weighted by Crippen LogP contribution is 2.48. The molecule has 474 valence electrons. The highest BCUT2D eigenvalue weighted by Gasteiger charge is 2.23. The fourth-order valence-corrected chi connectivity index (χ4v) is 14.3. The minimum absolute atomic E-state index is 0.645. The second-order valence-corrected chi connectivity index (χ2v) is 24.9. The number of para-hydroxylation sites is 2. The predicted octanol–water partition coefficient (Wildman–Crippen LogP) is 25.4. The van der Waals surface area contributed by atoms with Crippen LogP contribution in [0.4, 0.5) is 79.6 Å². The van der Waals surface area contributed by atoms with Crippen LogP contribution in [0.2, 0.25) is 0 Å². The fraction of sp³-hybridized carbons (Fsp3) is 0.0109. The summed E-state index contributed by atoms with van der Waals surface area (Å²) in [7, 11) is 0. The molecule has 0 fully saturated rings. The number of aliphatic imine (C=N–C) groups is 1. The zero-order valence-electron chi connectivity index (χ0n) is 54.9. The third-order valence-electron chi connectivity index (χ3n) is 19.0. The van der Waals surface area contributed by atoms with Crippen LogP contribution in [-0.4, -0.2) is 16.2 Å². The van der Waals surface area contributed by atoms with Crippen molar-refractivity contribution in [1.82, 2.24) is 9.97 Å². The molecule has 0 atom stereocenters. The second kappa shape index (κ2) is 26.3. The Morgan fingerprint density at radius 2 is 0.550 bits per heavy atom. The molecular formula is C92H66N8. The Bertz CT molecular complexity index is 5850. The number of hydrogen-bond donors (Lipinski definition) is 1. The monoisotopic (exact) mass is 1280 g/mol.